The second kappa shape index (κ2) is 5.47. The van der Waals surface area contributed by atoms with Crippen LogP contribution >= 0.6 is 0 Å². The van der Waals surface area contributed by atoms with E-state index >= 15 is 0 Å². The predicted molar refractivity (Wildman–Crippen MR) is 64.9 cm³/mol. The van der Waals surface area contributed by atoms with Gasteiger partial charge in [-0.1, -0.05) is 0 Å². The largest absolute Gasteiger partial charge is 0.376 e. The van der Waals surface area contributed by atoms with Crippen LogP contribution in [0.25, 0.3) is 0 Å². The highest BCUT2D eigenvalue weighted by atomic mass is 16.6. The van der Waals surface area contributed by atoms with Gasteiger partial charge in [-0.15, -0.1) is 0 Å². The molecule has 0 spiro atoms. The third kappa shape index (κ3) is 3.41. The van der Waals surface area contributed by atoms with E-state index in [1.807, 2.05) is 18.4 Å². The van der Waals surface area contributed by atoms with E-state index < -0.39 is 0 Å². The molecule has 2 atom stereocenters. The van der Waals surface area contributed by atoms with Crippen LogP contribution in [0.4, 0.5) is 0 Å². The summed E-state index contributed by atoms with van der Waals surface area (Å²) in [5, 5.41) is 0. The molecule has 0 radical (unpaired) electrons. The average Bonchev–Trinajstić information content (AvgIpc) is 2.76. The van der Waals surface area contributed by atoms with E-state index in [1.165, 1.54) is 0 Å². The van der Waals surface area contributed by atoms with Gasteiger partial charge in [0.1, 0.15) is 6.23 Å². The molecule has 1 fully saturated rings. The van der Waals surface area contributed by atoms with Crippen molar-refractivity contribution in [2.45, 2.75) is 45.1 Å². The predicted octanol–water partition coefficient (Wildman–Crippen LogP) is 1.95. The van der Waals surface area contributed by atoms with Gasteiger partial charge in [0.15, 0.2) is 5.43 Å². The van der Waals surface area contributed by atoms with Crippen LogP contribution in [0, 0.1) is 0 Å². The van der Waals surface area contributed by atoms with Crippen LogP contribution in [0.3, 0.4) is 0 Å². The molecular formula is C13H19NO3. The van der Waals surface area contributed by atoms with E-state index in [9.17, 15) is 4.79 Å². The lowest BCUT2D eigenvalue weighted by molar-refractivity contribution is -0.0539. The third-order valence-corrected chi connectivity index (χ3v) is 2.85. The molecule has 1 aromatic heterocycles. The second-order valence-corrected chi connectivity index (χ2v) is 4.65. The molecule has 1 aliphatic heterocycles. The number of ether oxygens (including phenoxy) is 2. The van der Waals surface area contributed by atoms with Crippen molar-refractivity contribution in [3.8, 4) is 0 Å². The van der Waals surface area contributed by atoms with Gasteiger partial charge in [-0.05, 0) is 26.7 Å². The minimum Gasteiger partial charge on any atom is -0.376 e. The van der Waals surface area contributed by atoms with Gasteiger partial charge >= 0.3 is 0 Å². The molecular weight excluding hydrogens is 218 g/mol. The Labute approximate surface area is 101 Å². The standard InChI is InChI=1S/C13H19NO3/c1-10(2)16-9-12-3-4-13(17-12)14-7-5-11(15)6-8-14/h5-8,10,12-13H,3-4,9H2,1-2H3. The molecule has 0 saturated carbocycles. The first-order chi connectivity index (χ1) is 8.15. The zero-order valence-electron chi connectivity index (χ0n) is 10.3. The molecule has 2 unspecified atom stereocenters. The number of hydrogen-bond donors (Lipinski definition) is 0. The van der Waals surface area contributed by atoms with E-state index in [1.54, 1.807) is 24.5 Å². The Kier molecular flexibility index (Phi) is 3.97. The first-order valence-electron chi connectivity index (χ1n) is 6.10. The molecule has 0 amide bonds. The fourth-order valence-corrected chi connectivity index (χ4v) is 1.94. The molecule has 1 aliphatic rings. The van der Waals surface area contributed by atoms with Crippen LogP contribution in [0.15, 0.2) is 29.3 Å². The summed E-state index contributed by atoms with van der Waals surface area (Å²) in [6.07, 6.45) is 5.97. The van der Waals surface area contributed by atoms with E-state index in [2.05, 4.69) is 0 Å². The minimum atomic E-state index is 0.0268. The SMILES string of the molecule is CC(C)OCC1CCC(n2ccc(=O)cc2)O1. The van der Waals surface area contributed by atoms with Crippen molar-refractivity contribution in [2.75, 3.05) is 6.61 Å². The summed E-state index contributed by atoms with van der Waals surface area (Å²) in [5.74, 6) is 0. The van der Waals surface area contributed by atoms with Gasteiger partial charge in [-0.2, -0.15) is 0 Å². The maximum absolute atomic E-state index is 11.0. The first kappa shape index (κ1) is 12.3. The van der Waals surface area contributed by atoms with E-state index in [-0.39, 0.29) is 23.9 Å². The van der Waals surface area contributed by atoms with E-state index in [0.717, 1.165) is 12.8 Å². The Morgan fingerprint density at radius 1 is 1.41 bits per heavy atom. The number of pyridine rings is 1. The fourth-order valence-electron chi connectivity index (χ4n) is 1.94. The van der Waals surface area contributed by atoms with Crippen LogP contribution in [-0.2, 0) is 9.47 Å². The minimum absolute atomic E-state index is 0.0268. The van der Waals surface area contributed by atoms with Crippen LogP contribution < -0.4 is 5.43 Å². The summed E-state index contributed by atoms with van der Waals surface area (Å²) in [4.78, 5) is 11.0. The van der Waals surface area contributed by atoms with Crippen LogP contribution in [0.2, 0.25) is 0 Å². The zero-order chi connectivity index (χ0) is 12.3. The van der Waals surface area contributed by atoms with Crippen molar-refractivity contribution in [1.29, 1.82) is 0 Å². The number of hydrogen-bond acceptors (Lipinski definition) is 3. The Balaban J connectivity index is 1.89. The molecule has 4 heteroatoms. The molecule has 17 heavy (non-hydrogen) atoms. The molecule has 4 nitrogen and oxygen atoms in total. The van der Waals surface area contributed by atoms with E-state index in [0.29, 0.717) is 6.61 Å². The molecule has 1 saturated heterocycles. The second-order valence-electron chi connectivity index (χ2n) is 4.65. The number of aromatic nitrogens is 1. The van der Waals surface area contributed by atoms with Crippen molar-refractivity contribution in [1.82, 2.24) is 4.57 Å². The molecule has 0 aromatic carbocycles. The maximum atomic E-state index is 11.0. The van der Waals surface area contributed by atoms with Crippen molar-refractivity contribution in [2.24, 2.45) is 0 Å². The van der Waals surface area contributed by atoms with Crippen LogP contribution in [0.5, 0.6) is 0 Å². The Hall–Kier alpha value is -1.13. The van der Waals surface area contributed by atoms with Gasteiger partial charge in [0, 0.05) is 24.5 Å². The topological polar surface area (TPSA) is 40.5 Å². The van der Waals surface area contributed by atoms with Crippen molar-refractivity contribution >= 4 is 0 Å². The quantitative estimate of drug-likeness (QED) is 0.803. The summed E-state index contributed by atoms with van der Waals surface area (Å²) >= 11 is 0. The molecule has 1 aromatic rings. The van der Waals surface area contributed by atoms with Crippen LogP contribution in [-0.4, -0.2) is 23.4 Å². The van der Waals surface area contributed by atoms with Gasteiger partial charge in [0.05, 0.1) is 18.8 Å². The summed E-state index contributed by atoms with van der Waals surface area (Å²) < 4.78 is 13.4. The van der Waals surface area contributed by atoms with Gasteiger partial charge in [0.25, 0.3) is 0 Å². The highest BCUT2D eigenvalue weighted by Gasteiger charge is 2.26. The molecule has 0 bridgehead atoms. The normalized spacial score (nSPS) is 24.4. The third-order valence-electron chi connectivity index (χ3n) is 2.85. The Morgan fingerprint density at radius 2 is 2.12 bits per heavy atom. The monoisotopic (exact) mass is 237 g/mol. The summed E-state index contributed by atoms with van der Waals surface area (Å²) in [6, 6.07) is 3.11. The number of rotatable bonds is 4. The Morgan fingerprint density at radius 3 is 2.76 bits per heavy atom. The highest BCUT2D eigenvalue weighted by Crippen LogP contribution is 2.27. The summed E-state index contributed by atoms with van der Waals surface area (Å²) in [7, 11) is 0. The lowest BCUT2D eigenvalue weighted by atomic mass is 10.2. The highest BCUT2D eigenvalue weighted by molar-refractivity contribution is 4.95. The van der Waals surface area contributed by atoms with Crippen molar-refractivity contribution < 1.29 is 9.47 Å². The van der Waals surface area contributed by atoms with Crippen LogP contribution in [0.1, 0.15) is 32.9 Å². The smallest absolute Gasteiger partial charge is 0.181 e. The molecule has 2 heterocycles. The summed E-state index contributed by atoms with van der Waals surface area (Å²) in [6.45, 7) is 4.69. The lowest BCUT2D eigenvalue weighted by Gasteiger charge is -2.17. The maximum Gasteiger partial charge on any atom is 0.181 e. The molecule has 2 rings (SSSR count). The van der Waals surface area contributed by atoms with Gasteiger partial charge in [-0.25, -0.2) is 0 Å². The number of nitrogens with zero attached hydrogens (tertiary/aromatic N) is 1. The molecule has 0 aliphatic carbocycles. The molecule has 94 valence electrons. The summed E-state index contributed by atoms with van der Waals surface area (Å²) in [5.41, 5.74) is 0.0268. The Bertz CT molecular complexity index is 393. The average molecular weight is 237 g/mol. The fraction of sp³-hybridized carbons (Fsp3) is 0.615. The van der Waals surface area contributed by atoms with E-state index in [4.69, 9.17) is 9.47 Å². The lowest BCUT2D eigenvalue weighted by Crippen LogP contribution is -2.19. The molecule has 0 N–H and O–H groups in total. The zero-order valence-corrected chi connectivity index (χ0v) is 10.3. The van der Waals surface area contributed by atoms with Gasteiger partial charge in [-0.3, -0.25) is 4.79 Å². The van der Waals surface area contributed by atoms with Crippen molar-refractivity contribution in [3.63, 3.8) is 0 Å². The van der Waals surface area contributed by atoms with Gasteiger partial charge in [0.2, 0.25) is 0 Å². The first-order valence-corrected chi connectivity index (χ1v) is 6.10. The van der Waals surface area contributed by atoms with Gasteiger partial charge < -0.3 is 14.0 Å². The van der Waals surface area contributed by atoms with Crippen molar-refractivity contribution in [3.05, 3.63) is 34.7 Å².